The van der Waals surface area contributed by atoms with Crippen molar-refractivity contribution in [3.63, 3.8) is 0 Å². The van der Waals surface area contributed by atoms with Crippen molar-refractivity contribution < 1.29 is 19.3 Å². The van der Waals surface area contributed by atoms with Crippen molar-refractivity contribution in [2.45, 2.75) is 19.6 Å². The fraction of sp³-hybridized carbons (Fsp3) is 0.278. The van der Waals surface area contributed by atoms with Gasteiger partial charge in [0.1, 0.15) is 18.5 Å². The van der Waals surface area contributed by atoms with Crippen LogP contribution < -0.4 is 14.2 Å². The van der Waals surface area contributed by atoms with Crippen LogP contribution in [-0.4, -0.2) is 44.8 Å². The van der Waals surface area contributed by atoms with Crippen LogP contribution >= 0.6 is 0 Å². The lowest BCUT2D eigenvalue weighted by molar-refractivity contribution is 0.0848. The summed E-state index contributed by atoms with van der Waals surface area (Å²) in [6, 6.07) is 13.1. The summed E-state index contributed by atoms with van der Waals surface area (Å²) in [4.78, 5) is 1.36. The second kappa shape index (κ2) is 7.01. The van der Waals surface area contributed by atoms with Crippen LogP contribution in [0.5, 0.6) is 17.2 Å². The average Bonchev–Trinajstić information content (AvgIpc) is 3.29. The van der Waals surface area contributed by atoms with Gasteiger partial charge in [-0.1, -0.05) is 29.8 Å². The molecule has 0 unspecified atom stereocenters. The number of hydrogen-bond donors (Lipinski definition) is 1. The molecule has 26 heavy (non-hydrogen) atoms. The Morgan fingerprint density at radius 3 is 2.81 bits per heavy atom. The van der Waals surface area contributed by atoms with Crippen LogP contribution in [0.4, 0.5) is 0 Å². The first-order valence-electron chi connectivity index (χ1n) is 8.23. The molecule has 0 fully saturated rings. The van der Waals surface area contributed by atoms with E-state index in [1.165, 1.54) is 4.80 Å². The van der Waals surface area contributed by atoms with Gasteiger partial charge in [-0.3, -0.25) is 0 Å². The second-order valence-electron chi connectivity index (χ2n) is 6.01. The van der Waals surface area contributed by atoms with Gasteiger partial charge in [-0.2, -0.15) is 4.80 Å². The molecule has 2 aromatic carbocycles. The van der Waals surface area contributed by atoms with E-state index in [1.807, 2.05) is 31.2 Å². The number of aryl methyl sites for hydroxylation is 1. The first-order chi connectivity index (χ1) is 12.7. The Bertz CT molecular complexity index is 894. The Balaban J connectivity index is 1.33. The molecular formula is C18H18N4O4. The molecule has 0 bridgehead atoms. The van der Waals surface area contributed by atoms with E-state index >= 15 is 0 Å². The molecule has 1 aromatic heterocycles. The van der Waals surface area contributed by atoms with Crippen LogP contribution in [0.25, 0.3) is 11.4 Å². The molecule has 0 amide bonds. The summed E-state index contributed by atoms with van der Waals surface area (Å²) in [5, 5.41) is 22.5. The van der Waals surface area contributed by atoms with E-state index in [0.717, 1.165) is 11.1 Å². The molecule has 0 radical (unpaired) electrons. The van der Waals surface area contributed by atoms with Crippen LogP contribution in [-0.2, 0) is 6.54 Å². The van der Waals surface area contributed by atoms with Gasteiger partial charge in [0.2, 0.25) is 12.6 Å². The van der Waals surface area contributed by atoms with Gasteiger partial charge in [0.15, 0.2) is 11.5 Å². The van der Waals surface area contributed by atoms with E-state index in [1.54, 1.807) is 18.2 Å². The highest BCUT2D eigenvalue weighted by atomic mass is 16.7. The summed E-state index contributed by atoms with van der Waals surface area (Å²) in [6.07, 6.45) is -0.777. The van der Waals surface area contributed by atoms with Gasteiger partial charge in [0.05, 0.1) is 6.54 Å². The van der Waals surface area contributed by atoms with E-state index in [0.29, 0.717) is 23.1 Å². The number of rotatable bonds is 6. The first-order valence-corrected chi connectivity index (χ1v) is 8.23. The first kappa shape index (κ1) is 16.3. The fourth-order valence-corrected chi connectivity index (χ4v) is 2.54. The predicted octanol–water partition coefficient (Wildman–Crippen LogP) is 1.82. The molecular weight excluding hydrogens is 336 g/mol. The van der Waals surface area contributed by atoms with Gasteiger partial charge in [-0.25, -0.2) is 0 Å². The van der Waals surface area contributed by atoms with Crippen molar-refractivity contribution in [1.29, 1.82) is 0 Å². The van der Waals surface area contributed by atoms with Crippen molar-refractivity contribution >= 4 is 0 Å². The highest BCUT2D eigenvalue weighted by molar-refractivity contribution is 5.54. The zero-order valence-electron chi connectivity index (χ0n) is 14.2. The van der Waals surface area contributed by atoms with E-state index in [2.05, 4.69) is 15.4 Å². The van der Waals surface area contributed by atoms with E-state index < -0.39 is 6.10 Å². The summed E-state index contributed by atoms with van der Waals surface area (Å²) in [5.74, 6) is 2.44. The molecule has 1 aliphatic rings. The summed E-state index contributed by atoms with van der Waals surface area (Å²) in [6.45, 7) is 2.51. The van der Waals surface area contributed by atoms with Crippen LogP contribution in [0.3, 0.4) is 0 Å². The third kappa shape index (κ3) is 3.60. The SMILES string of the molecule is Cc1ccc(-c2nnn(C[C@@H](O)COc3ccc4c(c3)OCO4)n2)cc1. The number of fused-ring (bicyclic) bond motifs is 1. The van der Waals surface area contributed by atoms with E-state index in [-0.39, 0.29) is 19.9 Å². The molecule has 2 heterocycles. The quantitative estimate of drug-likeness (QED) is 0.722. The van der Waals surface area contributed by atoms with Crippen LogP contribution in [0.1, 0.15) is 5.56 Å². The maximum atomic E-state index is 10.2. The Morgan fingerprint density at radius 2 is 1.96 bits per heavy atom. The molecule has 0 spiro atoms. The number of aromatic nitrogens is 4. The third-order valence-corrected chi connectivity index (χ3v) is 3.92. The lowest BCUT2D eigenvalue weighted by Crippen LogP contribution is -2.24. The van der Waals surface area contributed by atoms with Crippen LogP contribution in [0.15, 0.2) is 42.5 Å². The van der Waals surface area contributed by atoms with Crippen LogP contribution in [0.2, 0.25) is 0 Å². The minimum atomic E-state index is -0.777. The molecule has 1 N–H and O–H groups in total. The Labute approximate surface area is 149 Å². The third-order valence-electron chi connectivity index (χ3n) is 3.92. The van der Waals surface area contributed by atoms with Crippen molar-refractivity contribution in [3.05, 3.63) is 48.0 Å². The van der Waals surface area contributed by atoms with Crippen molar-refractivity contribution in [2.24, 2.45) is 0 Å². The Morgan fingerprint density at radius 1 is 1.15 bits per heavy atom. The molecule has 0 aliphatic carbocycles. The zero-order valence-corrected chi connectivity index (χ0v) is 14.2. The lowest BCUT2D eigenvalue weighted by atomic mass is 10.1. The Kier molecular flexibility index (Phi) is 4.40. The highest BCUT2D eigenvalue weighted by Crippen LogP contribution is 2.35. The van der Waals surface area contributed by atoms with Gasteiger partial charge in [-0.05, 0) is 24.3 Å². The summed E-state index contributed by atoms with van der Waals surface area (Å²) in [5.41, 5.74) is 2.05. The molecule has 134 valence electrons. The molecule has 8 nitrogen and oxygen atoms in total. The molecule has 0 saturated carbocycles. The number of hydrogen-bond acceptors (Lipinski definition) is 7. The number of tetrazole rings is 1. The summed E-state index contributed by atoms with van der Waals surface area (Å²) in [7, 11) is 0. The van der Waals surface area contributed by atoms with E-state index in [4.69, 9.17) is 14.2 Å². The van der Waals surface area contributed by atoms with Gasteiger partial charge < -0.3 is 19.3 Å². The standard InChI is InChI=1S/C18H18N4O4/c1-12-2-4-13(5-3-12)18-19-21-22(20-18)9-14(23)10-24-15-6-7-16-17(8-15)26-11-25-16/h2-8,14,23H,9-11H2,1H3/t14-/m1/s1. The number of aliphatic hydroxyl groups is 1. The summed E-state index contributed by atoms with van der Waals surface area (Å²) >= 11 is 0. The van der Waals surface area contributed by atoms with Gasteiger partial charge in [-0.15, -0.1) is 10.2 Å². The van der Waals surface area contributed by atoms with E-state index in [9.17, 15) is 5.11 Å². The molecule has 1 atom stereocenters. The number of aliphatic hydroxyl groups excluding tert-OH is 1. The van der Waals surface area contributed by atoms with Crippen molar-refractivity contribution in [2.75, 3.05) is 13.4 Å². The molecule has 4 rings (SSSR count). The minimum Gasteiger partial charge on any atom is -0.491 e. The van der Waals surface area contributed by atoms with Gasteiger partial charge in [0.25, 0.3) is 0 Å². The lowest BCUT2D eigenvalue weighted by Gasteiger charge is -2.11. The zero-order chi connectivity index (χ0) is 17.9. The minimum absolute atomic E-state index is 0.0983. The van der Waals surface area contributed by atoms with Gasteiger partial charge in [0, 0.05) is 11.6 Å². The number of benzene rings is 2. The maximum Gasteiger partial charge on any atom is 0.231 e. The largest absolute Gasteiger partial charge is 0.491 e. The fourth-order valence-electron chi connectivity index (χ4n) is 2.54. The van der Waals surface area contributed by atoms with Crippen molar-refractivity contribution in [3.8, 4) is 28.6 Å². The predicted molar refractivity (Wildman–Crippen MR) is 92.1 cm³/mol. The van der Waals surface area contributed by atoms with Gasteiger partial charge >= 0.3 is 0 Å². The highest BCUT2D eigenvalue weighted by Gasteiger charge is 2.15. The smallest absolute Gasteiger partial charge is 0.231 e. The normalized spacial score (nSPS) is 13.6. The number of nitrogens with zero attached hydrogens (tertiary/aromatic N) is 4. The molecule has 8 heteroatoms. The topological polar surface area (TPSA) is 91.5 Å². The molecule has 0 saturated heterocycles. The molecule has 1 aliphatic heterocycles. The van der Waals surface area contributed by atoms with Crippen molar-refractivity contribution in [1.82, 2.24) is 20.2 Å². The summed E-state index contributed by atoms with van der Waals surface area (Å²) < 4.78 is 16.1. The monoisotopic (exact) mass is 354 g/mol. The second-order valence-corrected chi connectivity index (χ2v) is 6.01. The molecule has 3 aromatic rings. The maximum absolute atomic E-state index is 10.2. The average molecular weight is 354 g/mol. The Hall–Kier alpha value is -3.13. The number of ether oxygens (including phenoxy) is 3. The van der Waals surface area contributed by atoms with Crippen LogP contribution in [0, 0.1) is 6.92 Å².